The molecule has 4 heteroatoms. The highest BCUT2D eigenvalue weighted by Gasteiger charge is 2.03. The minimum Gasteiger partial charge on any atom is -0.385 e. The molecule has 0 fully saturated rings. The molecule has 0 unspecified atom stereocenters. The maximum atomic E-state index is 10.5. The summed E-state index contributed by atoms with van der Waals surface area (Å²) in [5.74, 6) is 0. The molecule has 14 heavy (non-hydrogen) atoms. The van der Waals surface area contributed by atoms with Gasteiger partial charge in [-0.1, -0.05) is 0 Å². The molecule has 0 saturated heterocycles. The van der Waals surface area contributed by atoms with Gasteiger partial charge < -0.3 is 9.30 Å². The van der Waals surface area contributed by atoms with Crippen molar-refractivity contribution in [1.82, 2.24) is 4.57 Å². The Balaban J connectivity index is 2.70. The second-order valence-corrected chi connectivity index (χ2v) is 2.93. The number of aryl methyl sites for hydroxylation is 1. The Kier molecular flexibility index (Phi) is 3.89. The second kappa shape index (κ2) is 5.20. The molecule has 0 radical (unpaired) electrons. The van der Waals surface area contributed by atoms with Crippen LogP contribution in [0.25, 0.3) is 0 Å². The number of hydrogen-bond acceptors (Lipinski definition) is 3. The average Bonchev–Trinajstić information content (AvgIpc) is 2.61. The normalized spacial score (nSPS) is 9.71. The highest BCUT2D eigenvalue weighted by Crippen LogP contribution is 2.06. The fourth-order valence-electron chi connectivity index (χ4n) is 1.25. The molecule has 0 saturated carbocycles. The van der Waals surface area contributed by atoms with Crippen molar-refractivity contribution >= 4 is 6.29 Å². The van der Waals surface area contributed by atoms with Gasteiger partial charge in [-0.05, 0) is 12.5 Å². The van der Waals surface area contributed by atoms with Crippen LogP contribution in [0.3, 0.4) is 0 Å². The molecule has 1 rings (SSSR count). The summed E-state index contributed by atoms with van der Waals surface area (Å²) in [5, 5.41) is 8.77. The zero-order chi connectivity index (χ0) is 10.4. The molecular weight excluding hydrogens is 180 g/mol. The minimum absolute atomic E-state index is 0.517. The summed E-state index contributed by atoms with van der Waals surface area (Å²) in [4.78, 5) is 10.5. The van der Waals surface area contributed by atoms with E-state index in [0.717, 1.165) is 12.7 Å². The van der Waals surface area contributed by atoms with Crippen LogP contribution in [0.4, 0.5) is 0 Å². The summed E-state index contributed by atoms with van der Waals surface area (Å²) >= 11 is 0. The van der Waals surface area contributed by atoms with E-state index in [0.29, 0.717) is 24.4 Å². The average molecular weight is 192 g/mol. The zero-order valence-corrected chi connectivity index (χ0v) is 8.06. The van der Waals surface area contributed by atoms with E-state index in [2.05, 4.69) is 0 Å². The van der Waals surface area contributed by atoms with Crippen LogP contribution in [-0.2, 0) is 11.3 Å². The minimum atomic E-state index is 0.517. The van der Waals surface area contributed by atoms with E-state index in [-0.39, 0.29) is 0 Å². The molecule has 0 amide bonds. The molecular formula is C10H12N2O2. The maximum absolute atomic E-state index is 10.5. The van der Waals surface area contributed by atoms with E-state index in [1.54, 1.807) is 23.9 Å². The number of aromatic nitrogens is 1. The van der Waals surface area contributed by atoms with Crippen LogP contribution in [-0.4, -0.2) is 24.6 Å². The lowest BCUT2D eigenvalue weighted by atomic mass is 10.3. The van der Waals surface area contributed by atoms with Crippen LogP contribution < -0.4 is 0 Å². The molecule has 74 valence electrons. The lowest BCUT2D eigenvalue weighted by Crippen LogP contribution is -2.02. The van der Waals surface area contributed by atoms with Gasteiger partial charge in [0.25, 0.3) is 0 Å². The van der Waals surface area contributed by atoms with Gasteiger partial charge in [0, 0.05) is 32.0 Å². The maximum Gasteiger partial charge on any atom is 0.151 e. The SMILES string of the molecule is COCCCn1cc(C=O)cc1C#N. The van der Waals surface area contributed by atoms with Gasteiger partial charge in [-0.2, -0.15) is 5.26 Å². The Bertz CT molecular complexity index is 349. The highest BCUT2D eigenvalue weighted by molar-refractivity contribution is 5.75. The van der Waals surface area contributed by atoms with Gasteiger partial charge in [-0.25, -0.2) is 0 Å². The number of carbonyl (C=O) groups is 1. The largest absolute Gasteiger partial charge is 0.385 e. The van der Waals surface area contributed by atoms with Crippen molar-refractivity contribution in [1.29, 1.82) is 5.26 Å². The Morgan fingerprint density at radius 3 is 3.07 bits per heavy atom. The Morgan fingerprint density at radius 2 is 2.50 bits per heavy atom. The number of nitrogens with zero attached hydrogens (tertiary/aromatic N) is 2. The van der Waals surface area contributed by atoms with Crippen LogP contribution >= 0.6 is 0 Å². The van der Waals surface area contributed by atoms with E-state index in [4.69, 9.17) is 10.00 Å². The lowest BCUT2D eigenvalue weighted by molar-refractivity contribution is 0.112. The number of ether oxygens (including phenoxy) is 1. The van der Waals surface area contributed by atoms with Crippen molar-refractivity contribution in [3.8, 4) is 6.07 Å². The van der Waals surface area contributed by atoms with Crippen LogP contribution in [0.2, 0.25) is 0 Å². The molecule has 0 spiro atoms. The van der Waals surface area contributed by atoms with Gasteiger partial charge in [0.2, 0.25) is 0 Å². The molecule has 0 aliphatic carbocycles. The van der Waals surface area contributed by atoms with Gasteiger partial charge in [0.05, 0.1) is 0 Å². The molecule has 0 N–H and O–H groups in total. The van der Waals surface area contributed by atoms with Crippen molar-refractivity contribution in [2.45, 2.75) is 13.0 Å². The number of carbonyl (C=O) groups excluding carboxylic acids is 1. The summed E-state index contributed by atoms with van der Waals surface area (Å²) in [6.07, 6.45) is 3.26. The number of methoxy groups -OCH3 is 1. The van der Waals surface area contributed by atoms with Crippen LogP contribution in [0, 0.1) is 11.3 Å². The number of nitriles is 1. The third-order valence-corrected chi connectivity index (χ3v) is 1.92. The van der Waals surface area contributed by atoms with Crippen LogP contribution in [0.5, 0.6) is 0 Å². The molecule has 0 bridgehead atoms. The Labute approximate surface area is 82.7 Å². The Morgan fingerprint density at radius 1 is 1.71 bits per heavy atom. The predicted molar refractivity (Wildman–Crippen MR) is 51.0 cm³/mol. The van der Waals surface area contributed by atoms with Crippen molar-refractivity contribution in [3.05, 3.63) is 23.5 Å². The van der Waals surface area contributed by atoms with E-state index < -0.39 is 0 Å². The standard InChI is InChI=1S/C10H12N2O2/c1-14-4-2-3-12-7-9(8-13)5-10(12)6-11/h5,7-8H,2-4H2,1H3. The third-order valence-electron chi connectivity index (χ3n) is 1.92. The quantitative estimate of drug-likeness (QED) is 0.520. The lowest BCUT2D eigenvalue weighted by Gasteiger charge is -2.02. The molecule has 1 aromatic rings. The summed E-state index contributed by atoms with van der Waals surface area (Å²) in [5.41, 5.74) is 1.06. The monoisotopic (exact) mass is 192 g/mol. The predicted octanol–water partition coefficient (Wildman–Crippen LogP) is 1.21. The summed E-state index contributed by atoms with van der Waals surface area (Å²) in [7, 11) is 1.64. The second-order valence-electron chi connectivity index (χ2n) is 2.93. The molecule has 0 aliphatic rings. The van der Waals surface area contributed by atoms with Crippen molar-refractivity contribution in [3.63, 3.8) is 0 Å². The third kappa shape index (κ3) is 2.44. The van der Waals surface area contributed by atoms with Gasteiger partial charge in [0.15, 0.2) is 6.29 Å². The molecule has 4 nitrogen and oxygen atoms in total. The van der Waals surface area contributed by atoms with E-state index in [1.165, 1.54) is 0 Å². The van der Waals surface area contributed by atoms with Gasteiger partial charge >= 0.3 is 0 Å². The van der Waals surface area contributed by atoms with Crippen LogP contribution in [0.15, 0.2) is 12.3 Å². The van der Waals surface area contributed by atoms with Crippen LogP contribution in [0.1, 0.15) is 22.5 Å². The van der Waals surface area contributed by atoms with Gasteiger partial charge in [-0.15, -0.1) is 0 Å². The summed E-state index contributed by atoms with van der Waals surface area (Å²) < 4.78 is 6.67. The van der Waals surface area contributed by atoms with Crippen molar-refractivity contribution in [2.24, 2.45) is 0 Å². The first-order chi connectivity index (χ1) is 6.81. The van der Waals surface area contributed by atoms with Gasteiger partial charge in [-0.3, -0.25) is 4.79 Å². The first kappa shape index (κ1) is 10.5. The number of aldehydes is 1. The van der Waals surface area contributed by atoms with E-state index >= 15 is 0 Å². The summed E-state index contributed by atoms with van der Waals surface area (Å²) in [6, 6.07) is 3.62. The zero-order valence-electron chi connectivity index (χ0n) is 8.06. The Hall–Kier alpha value is -1.60. The first-order valence-electron chi connectivity index (χ1n) is 4.36. The fourth-order valence-corrected chi connectivity index (χ4v) is 1.25. The highest BCUT2D eigenvalue weighted by atomic mass is 16.5. The van der Waals surface area contributed by atoms with Crippen molar-refractivity contribution < 1.29 is 9.53 Å². The molecule has 0 atom stereocenters. The van der Waals surface area contributed by atoms with Crippen molar-refractivity contribution in [2.75, 3.05) is 13.7 Å². The van der Waals surface area contributed by atoms with Gasteiger partial charge in [0.1, 0.15) is 11.8 Å². The van der Waals surface area contributed by atoms with E-state index in [1.807, 2.05) is 6.07 Å². The smallest absolute Gasteiger partial charge is 0.151 e. The number of hydrogen-bond donors (Lipinski definition) is 0. The summed E-state index contributed by atoms with van der Waals surface area (Å²) in [6.45, 7) is 1.35. The number of rotatable bonds is 5. The molecule has 1 heterocycles. The molecule has 1 aromatic heterocycles. The fraction of sp³-hybridized carbons (Fsp3) is 0.400. The van der Waals surface area contributed by atoms with E-state index in [9.17, 15) is 4.79 Å². The molecule has 0 aliphatic heterocycles. The topological polar surface area (TPSA) is 55.0 Å². The first-order valence-corrected chi connectivity index (χ1v) is 4.36. The molecule has 0 aromatic carbocycles.